The maximum atomic E-state index is 6.01. The summed E-state index contributed by atoms with van der Waals surface area (Å²) in [7, 11) is 2.00. The van der Waals surface area contributed by atoms with Crippen LogP contribution in [0.25, 0.3) is 0 Å². The fourth-order valence-corrected chi connectivity index (χ4v) is 3.29. The van der Waals surface area contributed by atoms with Crippen molar-refractivity contribution in [3.05, 3.63) is 60.2 Å². The zero-order chi connectivity index (χ0) is 23.7. The highest BCUT2D eigenvalue weighted by Gasteiger charge is 2.16. The standard InChI is InChI=1S/C27H49N3O/c1-10-16-23(22(5)11-2)18-19-24(12-3)29-20-15-14-17-25(21-28-9)30-26(13-4)31-27(6,7)8/h10,12-13,16,25,28-30H,1,5,11,14-15,17-21H2,2-4,6-9H3/b23-16-,24-12-,26-13-. The van der Waals surface area contributed by atoms with Gasteiger partial charge in [0.05, 0.1) is 0 Å². The second-order valence-electron chi connectivity index (χ2n) is 8.89. The van der Waals surface area contributed by atoms with Gasteiger partial charge in [0.15, 0.2) is 5.88 Å². The zero-order valence-corrected chi connectivity index (χ0v) is 21.4. The normalized spacial score (nSPS) is 14.2. The number of ether oxygens (including phenoxy) is 1. The van der Waals surface area contributed by atoms with Crippen LogP contribution in [0.4, 0.5) is 0 Å². The third-order valence-electron chi connectivity index (χ3n) is 5.02. The third-order valence-corrected chi connectivity index (χ3v) is 5.02. The van der Waals surface area contributed by atoms with E-state index in [1.54, 1.807) is 0 Å². The van der Waals surface area contributed by atoms with Crippen molar-refractivity contribution in [1.29, 1.82) is 0 Å². The van der Waals surface area contributed by atoms with Gasteiger partial charge in [-0.05, 0) is 91.8 Å². The van der Waals surface area contributed by atoms with Crippen LogP contribution in [-0.2, 0) is 4.74 Å². The second-order valence-corrected chi connectivity index (χ2v) is 8.89. The van der Waals surface area contributed by atoms with Gasteiger partial charge in [-0.25, -0.2) is 0 Å². The summed E-state index contributed by atoms with van der Waals surface area (Å²) in [5.74, 6) is 0.860. The van der Waals surface area contributed by atoms with Gasteiger partial charge < -0.3 is 20.7 Å². The van der Waals surface area contributed by atoms with Crippen LogP contribution in [-0.4, -0.2) is 31.8 Å². The first-order valence-electron chi connectivity index (χ1n) is 11.9. The minimum atomic E-state index is -0.198. The molecule has 0 bridgehead atoms. The van der Waals surface area contributed by atoms with Gasteiger partial charge in [-0.3, -0.25) is 0 Å². The van der Waals surface area contributed by atoms with E-state index in [2.05, 4.69) is 75.9 Å². The van der Waals surface area contributed by atoms with Crippen molar-refractivity contribution in [3.8, 4) is 0 Å². The Bertz CT molecular complexity index is 608. The Morgan fingerprint density at radius 2 is 1.81 bits per heavy atom. The van der Waals surface area contributed by atoms with Gasteiger partial charge in [0.25, 0.3) is 0 Å². The lowest BCUT2D eigenvalue weighted by Crippen LogP contribution is -2.39. The van der Waals surface area contributed by atoms with E-state index in [1.165, 1.54) is 16.8 Å². The molecule has 0 aliphatic heterocycles. The molecule has 0 saturated heterocycles. The number of hydrogen-bond acceptors (Lipinski definition) is 4. The summed E-state index contributed by atoms with van der Waals surface area (Å²) in [5.41, 5.74) is 3.61. The van der Waals surface area contributed by atoms with Crippen LogP contribution in [0.1, 0.15) is 80.1 Å². The van der Waals surface area contributed by atoms with Crippen molar-refractivity contribution < 1.29 is 4.74 Å². The van der Waals surface area contributed by atoms with Crippen molar-refractivity contribution in [2.24, 2.45) is 0 Å². The van der Waals surface area contributed by atoms with Crippen LogP contribution < -0.4 is 16.0 Å². The lowest BCUT2D eigenvalue weighted by atomic mass is 9.99. The molecule has 0 spiro atoms. The lowest BCUT2D eigenvalue weighted by Gasteiger charge is -2.27. The van der Waals surface area contributed by atoms with Crippen molar-refractivity contribution in [2.45, 2.75) is 91.7 Å². The molecular formula is C27H49N3O. The number of nitrogens with one attached hydrogen (secondary N) is 3. The SMILES string of the molecule is C=C/C=C(/CC/C(=C/C)NCCCCC(CNC)N/C(=C/C)OC(C)(C)C)C(=C)CC. The lowest BCUT2D eigenvalue weighted by molar-refractivity contribution is 0.0366. The average molecular weight is 432 g/mol. The van der Waals surface area contributed by atoms with Crippen LogP contribution in [0.3, 0.4) is 0 Å². The fourth-order valence-electron chi connectivity index (χ4n) is 3.29. The Labute approximate surface area is 193 Å². The number of hydrogen-bond donors (Lipinski definition) is 3. The highest BCUT2D eigenvalue weighted by molar-refractivity contribution is 5.31. The Kier molecular flexibility index (Phi) is 15.7. The summed E-state index contributed by atoms with van der Waals surface area (Å²) in [4.78, 5) is 0. The van der Waals surface area contributed by atoms with E-state index < -0.39 is 0 Å². The molecule has 0 heterocycles. The van der Waals surface area contributed by atoms with Crippen molar-refractivity contribution in [3.63, 3.8) is 0 Å². The van der Waals surface area contributed by atoms with E-state index in [0.29, 0.717) is 6.04 Å². The van der Waals surface area contributed by atoms with Crippen molar-refractivity contribution >= 4 is 0 Å². The minimum absolute atomic E-state index is 0.198. The van der Waals surface area contributed by atoms with Crippen LogP contribution in [0, 0.1) is 0 Å². The van der Waals surface area contributed by atoms with Crippen molar-refractivity contribution in [2.75, 3.05) is 20.1 Å². The Hall–Kier alpha value is -1.94. The van der Waals surface area contributed by atoms with Crippen molar-refractivity contribution in [1.82, 2.24) is 16.0 Å². The van der Waals surface area contributed by atoms with Crippen LogP contribution in [0.15, 0.2) is 60.2 Å². The number of rotatable bonds is 17. The molecule has 0 amide bonds. The van der Waals surface area contributed by atoms with Gasteiger partial charge in [-0.2, -0.15) is 0 Å². The van der Waals surface area contributed by atoms with Gasteiger partial charge >= 0.3 is 0 Å². The smallest absolute Gasteiger partial charge is 0.183 e. The van der Waals surface area contributed by atoms with Gasteiger partial charge in [0.2, 0.25) is 0 Å². The largest absolute Gasteiger partial charge is 0.474 e. The summed E-state index contributed by atoms with van der Waals surface area (Å²) in [6.07, 6.45) is 14.5. The highest BCUT2D eigenvalue weighted by Crippen LogP contribution is 2.20. The molecule has 4 heteroatoms. The predicted molar refractivity (Wildman–Crippen MR) is 138 cm³/mol. The number of allylic oxidation sites excluding steroid dienone is 7. The van der Waals surface area contributed by atoms with Gasteiger partial charge in [-0.15, -0.1) is 0 Å². The molecule has 31 heavy (non-hydrogen) atoms. The van der Waals surface area contributed by atoms with Gasteiger partial charge in [0.1, 0.15) is 5.60 Å². The monoisotopic (exact) mass is 431 g/mol. The molecule has 0 aromatic rings. The van der Waals surface area contributed by atoms with Gasteiger partial charge in [-0.1, -0.05) is 43.9 Å². The molecule has 0 radical (unpaired) electrons. The highest BCUT2D eigenvalue weighted by atomic mass is 16.5. The summed E-state index contributed by atoms with van der Waals surface area (Å²) >= 11 is 0. The van der Waals surface area contributed by atoms with E-state index in [-0.39, 0.29) is 5.60 Å². The topological polar surface area (TPSA) is 45.3 Å². The first kappa shape index (κ1) is 29.1. The molecule has 0 aromatic heterocycles. The second kappa shape index (κ2) is 16.7. The summed E-state index contributed by atoms with van der Waals surface area (Å²) < 4.78 is 6.01. The quantitative estimate of drug-likeness (QED) is 0.142. The molecular weight excluding hydrogens is 382 g/mol. The summed E-state index contributed by atoms with van der Waals surface area (Å²) in [6, 6.07) is 0.353. The third kappa shape index (κ3) is 14.7. The van der Waals surface area contributed by atoms with Crippen LogP contribution >= 0.6 is 0 Å². The molecule has 0 saturated carbocycles. The molecule has 0 rings (SSSR count). The van der Waals surface area contributed by atoms with Crippen LogP contribution in [0.2, 0.25) is 0 Å². The molecule has 0 aromatic carbocycles. The minimum Gasteiger partial charge on any atom is -0.474 e. The summed E-state index contributed by atoms with van der Waals surface area (Å²) in [5, 5.41) is 10.5. The first-order valence-corrected chi connectivity index (χ1v) is 11.9. The maximum Gasteiger partial charge on any atom is 0.183 e. The number of likely N-dealkylation sites (N-methyl/N-ethyl adjacent to an activating group) is 1. The Morgan fingerprint density at radius 3 is 2.32 bits per heavy atom. The number of unbranched alkanes of at least 4 members (excludes halogenated alkanes) is 1. The van der Waals surface area contributed by atoms with Crippen LogP contribution in [0.5, 0.6) is 0 Å². The predicted octanol–water partition coefficient (Wildman–Crippen LogP) is 6.36. The molecule has 0 fully saturated rings. The molecule has 1 atom stereocenters. The molecule has 1 unspecified atom stereocenters. The van der Waals surface area contributed by atoms with E-state index in [9.17, 15) is 0 Å². The summed E-state index contributed by atoms with van der Waals surface area (Å²) in [6.45, 7) is 22.4. The molecule has 4 nitrogen and oxygen atoms in total. The maximum absolute atomic E-state index is 6.01. The molecule has 0 aliphatic rings. The first-order chi connectivity index (χ1) is 14.7. The Morgan fingerprint density at radius 1 is 1.10 bits per heavy atom. The fraction of sp³-hybridized carbons (Fsp3) is 0.630. The van der Waals surface area contributed by atoms with Gasteiger partial charge in [0, 0.05) is 24.8 Å². The van der Waals surface area contributed by atoms with E-state index >= 15 is 0 Å². The van der Waals surface area contributed by atoms with E-state index in [0.717, 1.165) is 57.5 Å². The molecule has 178 valence electrons. The Balaban J connectivity index is 4.44. The zero-order valence-electron chi connectivity index (χ0n) is 21.4. The average Bonchev–Trinajstić information content (AvgIpc) is 2.72. The molecule has 3 N–H and O–H groups in total. The van der Waals surface area contributed by atoms with E-state index in [4.69, 9.17) is 4.74 Å². The molecule has 0 aliphatic carbocycles. The van der Waals surface area contributed by atoms with E-state index in [1.807, 2.05) is 26.1 Å².